The maximum Gasteiger partial charge on any atom is 0.341 e. The van der Waals surface area contributed by atoms with E-state index in [1.807, 2.05) is 20.8 Å². The molecule has 1 aliphatic heterocycles. The normalized spacial score (nSPS) is 17.1. The van der Waals surface area contributed by atoms with Gasteiger partial charge in [0.05, 0.1) is 18.3 Å². The summed E-state index contributed by atoms with van der Waals surface area (Å²) in [6, 6.07) is 0. The molecule has 1 aliphatic rings. The van der Waals surface area contributed by atoms with Gasteiger partial charge in [0.2, 0.25) is 0 Å². The number of nitrogens with one attached hydrogen (secondary N) is 2. The number of thiocarbonyl (C=S) groups is 1. The largest absolute Gasteiger partial charge is 0.462 e. The molecule has 0 aliphatic carbocycles. The Bertz CT molecular complexity index is 566. The Balaban J connectivity index is 2.05. The lowest BCUT2D eigenvalue weighted by Gasteiger charge is -2.14. The Labute approximate surface area is 146 Å². The molecule has 0 spiro atoms. The van der Waals surface area contributed by atoms with E-state index in [4.69, 9.17) is 21.7 Å². The topological polar surface area (TPSA) is 59.6 Å². The highest BCUT2D eigenvalue weighted by Crippen LogP contribution is 2.34. The van der Waals surface area contributed by atoms with Gasteiger partial charge in [-0.25, -0.2) is 4.79 Å². The molecule has 5 nitrogen and oxygen atoms in total. The van der Waals surface area contributed by atoms with Gasteiger partial charge in [0.1, 0.15) is 5.00 Å². The summed E-state index contributed by atoms with van der Waals surface area (Å²) in [5, 5.41) is 7.58. The summed E-state index contributed by atoms with van der Waals surface area (Å²) in [5.41, 5.74) is 1.64. The highest BCUT2D eigenvalue weighted by atomic mass is 32.1. The molecular formula is C16H24N2O3S2. The summed E-state index contributed by atoms with van der Waals surface area (Å²) in [4.78, 5) is 13.4. The smallest absolute Gasteiger partial charge is 0.341 e. The highest BCUT2D eigenvalue weighted by molar-refractivity contribution is 7.80. The minimum atomic E-state index is -0.293. The number of ether oxygens (including phenoxy) is 2. The van der Waals surface area contributed by atoms with Gasteiger partial charge in [-0.1, -0.05) is 6.92 Å². The molecule has 2 heterocycles. The Kier molecular flexibility index (Phi) is 6.80. The third-order valence-electron chi connectivity index (χ3n) is 3.78. The van der Waals surface area contributed by atoms with Crippen LogP contribution in [0.5, 0.6) is 0 Å². The van der Waals surface area contributed by atoms with E-state index in [1.165, 1.54) is 11.3 Å². The van der Waals surface area contributed by atoms with Crippen molar-refractivity contribution >= 4 is 39.6 Å². The van der Waals surface area contributed by atoms with Crippen LogP contribution in [0.2, 0.25) is 0 Å². The van der Waals surface area contributed by atoms with Gasteiger partial charge in [0.25, 0.3) is 0 Å². The zero-order chi connectivity index (χ0) is 16.8. The summed E-state index contributed by atoms with van der Waals surface area (Å²) in [5.74, 6) is -0.293. The lowest BCUT2D eigenvalue weighted by molar-refractivity contribution is 0.0527. The molecule has 1 atom stereocenters. The van der Waals surface area contributed by atoms with Crippen molar-refractivity contribution in [3.63, 3.8) is 0 Å². The number of anilines is 1. The van der Waals surface area contributed by atoms with Crippen LogP contribution in [0.15, 0.2) is 0 Å². The van der Waals surface area contributed by atoms with Crippen molar-refractivity contribution in [2.24, 2.45) is 0 Å². The van der Waals surface area contributed by atoms with E-state index >= 15 is 0 Å². The first-order valence-corrected chi connectivity index (χ1v) is 9.25. The van der Waals surface area contributed by atoms with E-state index in [-0.39, 0.29) is 12.1 Å². The number of aryl methyl sites for hydroxylation is 1. The first-order chi connectivity index (χ1) is 11.1. The van der Waals surface area contributed by atoms with Gasteiger partial charge in [0.15, 0.2) is 5.11 Å². The Morgan fingerprint density at radius 3 is 2.87 bits per heavy atom. The molecule has 128 valence electrons. The molecule has 1 aromatic rings. The standard InChI is InChI=1S/C16H24N2O3S2/c1-4-12-10(3)23-14(13(12)15(19)20-5-2)18-16(22)17-9-11-7-6-8-21-11/h11H,4-9H2,1-3H3,(H2,17,18,22)/t11-/m1/s1. The third kappa shape index (κ3) is 4.65. The fourth-order valence-electron chi connectivity index (χ4n) is 2.67. The molecule has 0 saturated carbocycles. The predicted molar refractivity (Wildman–Crippen MR) is 97.6 cm³/mol. The second kappa shape index (κ2) is 8.61. The van der Waals surface area contributed by atoms with E-state index in [1.54, 1.807) is 0 Å². The van der Waals surface area contributed by atoms with Crippen molar-refractivity contribution in [3.05, 3.63) is 16.0 Å². The van der Waals surface area contributed by atoms with Gasteiger partial charge in [-0.2, -0.15) is 0 Å². The minimum Gasteiger partial charge on any atom is -0.462 e. The summed E-state index contributed by atoms with van der Waals surface area (Å²) >= 11 is 6.88. The zero-order valence-electron chi connectivity index (χ0n) is 13.9. The lowest BCUT2D eigenvalue weighted by atomic mass is 10.1. The van der Waals surface area contributed by atoms with Crippen molar-refractivity contribution < 1.29 is 14.3 Å². The van der Waals surface area contributed by atoms with Crippen LogP contribution in [0.3, 0.4) is 0 Å². The second-order valence-corrected chi connectivity index (χ2v) is 7.02. The van der Waals surface area contributed by atoms with Gasteiger partial charge in [-0.05, 0) is 50.9 Å². The van der Waals surface area contributed by atoms with Crippen molar-refractivity contribution in [3.8, 4) is 0 Å². The van der Waals surface area contributed by atoms with Crippen molar-refractivity contribution in [1.29, 1.82) is 0 Å². The molecule has 2 N–H and O–H groups in total. The van der Waals surface area contributed by atoms with Crippen LogP contribution >= 0.6 is 23.6 Å². The summed E-state index contributed by atoms with van der Waals surface area (Å²) < 4.78 is 10.8. The summed E-state index contributed by atoms with van der Waals surface area (Å²) in [6.45, 7) is 7.73. The number of thiophene rings is 1. The molecule has 1 aromatic heterocycles. The van der Waals surface area contributed by atoms with Crippen LogP contribution in [0.4, 0.5) is 5.00 Å². The lowest BCUT2D eigenvalue weighted by Crippen LogP contribution is -2.35. The van der Waals surface area contributed by atoms with Gasteiger partial charge in [-0.15, -0.1) is 11.3 Å². The summed E-state index contributed by atoms with van der Waals surface area (Å²) in [6.07, 6.45) is 3.16. The molecule has 23 heavy (non-hydrogen) atoms. The van der Waals surface area contributed by atoms with Crippen LogP contribution in [0, 0.1) is 6.92 Å². The van der Waals surface area contributed by atoms with E-state index in [9.17, 15) is 4.79 Å². The van der Waals surface area contributed by atoms with Crippen LogP contribution < -0.4 is 10.6 Å². The Hall–Kier alpha value is -1.18. The molecular weight excluding hydrogens is 332 g/mol. The fraction of sp³-hybridized carbons (Fsp3) is 0.625. The minimum absolute atomic E-state index is 0.218. The van der Waals surface area contributed by atoms with Crippen molar-refractivity contribution in [2.75, 3.05) is 25.1 Å². The second-order valence-electron chi connectivity index (χ2n) is 5.39. The van der Waals surface area contributed by atoms with E-state index in [0.717, 1.165) is 41.3 Å². The van der Waals surface area contributed by atoms with Crippen LogP contribution in [-0.2, 0) is 15.9 Å². The van der Waals surface area contributed by atoms with Crippen LogP contribution in [0.25, 0.3) is 0 Å². The maximum absolute atomic E-state index is 12.3. The van der Waals surface area contributed by atoms with Gasteiger partial charge in [0, 0.05) is 18.0 Å². The van der Waals surface area contributed by atoms with Gasteiger partial charge >= 0.3 is 5.97 Å². The molecule has 0 unspecified atom stereocenters. The number of carbonyl (C=O) groups is 1. The van der Waals surface area contributed by atoms with Crippen LogP contribution in [-0.4, -0.2) is 36.9 Å². The number of hydrogen-bond donors (Lipinski definition) is 2. The quantitative estimate of drug-likeness (QED) is 0.603. The first kappa shape index (κ1) is 18.2. The predicted octanol–water partition coefficient (Wildman–Crippen LogP) is 3.26. The van der Waals surface area contributed by atoms with Gasteiger partial charge in [-0.3, -0.25) is 0 Å². The van der Waals surface area contributed by atoms with E-state index in [2.05, 4.69) is 10.6 Å². The number of carbonyl (C=O) groups excluding carboxylic acids is 1. The monoisotopic (exact) mass is 356 g/mol. The SMILES string of the molecule is CCOC(=O)c1c(NC(=S)NC[C@H]2CCCO2)sc(C)c1CC. The number of hydrogen-bond acceptors (Lipinski definition) is 5. The van der Waals surface area contributed by atoms with Crippen molar-refractivity contribution in [2.45, 2.75) is 46.1 Å². The first-order valence-electron chi connectivity index (χ1n) is 8.02. The summed E-state index contributed by atoms with van der Waals surface area (Å²) in [7, 11) is 0. The Morgan fingerprint density at radius 2 is 2.26 bits per heavy atom. The molecule has 7 heteroatoms. The maximum atomic E-state index is 12.3. The molecule has 0 bridgehead atoms. The number of rotatable bonds is 6. The van der Waals surface area contributed by atoms with E-state index in [0.29, 0.717) is 23.8 Å². The third-order valence-corrected chi connectivity index (χ3v) is 5.09. The average Bonchev–Trinajstić information content (AvgIpc) is 3.12. The molecule has 0 amide bonds. The van der Waals surface area contributed by atoms with Crippen LogP contribution in [0.1, 0.15) is 47.5 Å². The molecule has 0 radical (unpaired) electrons. The molecule has 2 rings (SSSR count). The number of esters is 1. The Morgan fingerprint density at radius 1 is 1.48 bits per heavy atom. The van der Waals surface area contributed by atoms with E-state index < -0.39 is 0 Å². The molecule has 1 fully saturated rings. The van der Waals surface area contributed by atoms with Gasteiger partial charge < -0.3 is 20.1 Å². The molecule has 0 aromatic carbocycles. The molecule has 1 saturated heterocycles. The van der Waals surface area contributed by atoms with Crippen molar-refractivity contribution in [1.82, 2.24) is 5.32 Å². The highest BCUT2D eigenvalue weighted by Gasteiger charge is 2.23. The zero-order valence-corrected chi connectivity index (χ0v) is 15.5. The average molecular weight is 357 g/mol. The fourth-order valence-corrected chi connectivity index (χ4v) is 4.06.